The van der Waals surface area contributed by atoms with E-state index in [1.54, 1.807) is 23.5 Å². The van der Waals surface area contributed by atoms with E-state index in [2.05, 4.69) is 22.4 Å². The minimum Gasteiger partial charge on any atom is -0.487 e. The first kappa shape index (κ1) is 18.9. The van der Waals surface area contributed by atoms with Crippen molar-refractivity contribution in [1.29, 1.82) is 0 Å². The van der Waals surface area contributed by atoms with Crippen LogP contribution < -0.4 is 10.1 Å². The summed E-state index contributed by atoms with van der Waals surface area (Å²) in [5.41, 5.74) is 2.98. The van der Waals surface area contributed by atoms with Crippen LogP contribution in [0.3, 0.4) is 0 Å². The van der Waals surface area contributed by atoms with Gasteiger partial charge in [0.05, 0.1) is 10.7 Å². The fourth-order valence-corrected chi connectivity index (χ4v) is 3.17. The number of nitrogens with one attached hydrogen (secondary N) is 1. The lowest BCUT2D eigenvalue weighted by atomic mass is 10.1. The largest absolute Gasteiger partial charge is 0.487 e. The van der Waals surface area contributed by atoms with Crippen molar-refractivity contribution in [3.8, 4) is 5.75 Å². The van der Waals surface area contributed by atoms with Gasteiger partial charge in [0, 0.05) is 23.6 Å². The minimum atomic E-state index is -0.115. The fourth-order valence-electron chi connectivity index (χ4n) is 2.57. The van der Waals surface area contributed by atoms with E-state index in [0.717, 1.165) is 28.4 Å². The van der Waals surface area contributed by atoms with Crippen LogP contribution in [-0.2, 0) is 17.8 Å². The van der Waals surface area contributed by atoms with E-state index in [9.17, 15) is 4.79 Å². The molecule has 4 nitrogen and oxygen atoms in total. The van der Waals surface area contributed by atoms with Crippen LogP contribution in [0.1, 0.15) is 21.8 Å². The molecular weight excluding hydrogens is 356 g/mol. The van der Waals surface area contributed by atoms with E-state index < -0.39 is 0 Å². The molecule has 0 aliphatic heterocycles. The van der Waals surface area contributed by atoms with Gasteiger partial charge in [0.2, 0.25) is 5.91 Å². The fraction of sp³-hybridized carbons (Fsp3) is 0.182. The van der Waals surface area contributed by atoms with E-state index >= 15 is 0 Å². The van der Waals surface area contributed by atoms with Crippen molar-refractivity contribution in [3.05, 3.63) is 87.9 Å². The zero-order valence-corrected chi connectivity index (χ0v) is 16.0. The van der Waals surface area contributed by atoms with Gasteiger partial charge in [-0.15, -0.1) is 11.3 Å². The van der Waals surface area contributed by atoms with Gasteiger partial charge in [-0.2, -0.15) is 0 Å². The molecule has 1 N–H and O–H groups in total. The van der Waals surface area contributed by atoms with Crippen LogP contribution >= 0.6 is 11.3 Å². The Morgan fingerprint density at radius 3 is 2.70 bits per heavy atom. The van der Waals surface area contributed by atoms with Gasteiger partial charge in [0.25, 0.3) is 0 Å². The number of amides is 1. The average molecular weight is 378 g/mol. The summed E-state index contributed by atoms with van der Waals surface area (Å²) in [6, 6.07) is 17.8. The van der Waals surface area contributed by atoms with Crippen LogP contribution in [-0.4, -0.2) is 17.4 Å². The second kappa shape index (κ2) is 9.69. The Labute approximate surface area is 163 Å². The number of para-hydroxylation sites is 1. The number of thiazole rings is 1. The normalized spacial score (nSPS) is 10.9. The van der Waals surface area contributed by atoms with Crippen LogP contribution in [0.25, 0.3) is 6.08 Å². The number of carbonyl (C=O) groups excluding carboxylic acids is 1. The number of benzene rings is 2. The highest BCUT2D eigenvalue weighted by Crippen LogP contribution is 2.21. The second-order valence-electron chi connectivity index (χ2n) is 6.04. The van der Waals surface area contributed by atoms with Crippen molar-refractivity contribution in [2.45, 2.75) is 20.0 Å². The maximum Gasteiger partial charge on any atom is 0.244 e. The van der Waals surface area contributed by atoms with Gasteiger partial charge in [-0.1, -0.05) is 48.5 Å². The van der Waals surface area contributed by atoms with E-state index in [1.807, 2.05) is 54.8 Å². The Bertz CT molecular complexity index is 903. The third kappa shape index (κ3) is 6.08. The summed E-state index contributed by atoms with van der Waals surface area (Å²) in [7, 11) is 0. The summed E-state index contributed by atoms with van der Waals surface area (Å²) >= 11 is 1.61. The first-order valence-corrected chi connectivity index (χ1v) is 9.71. The second-order valence-corrected chi connectivity index (χ2v) is 7.11. The number of rotatable bonds is 8. The summed E-state index contributed by atoms with van der Waals surface area (Å²) in [6.45, 7) is 2.99. The van der Waals surface area contributed by atoms with Gasteiger partial charge in [-0.3, -0.25) is 4.79 Å². The number of aromatic nitrogens is 1. The lowest BCUT2D eigenvalue weighted by molar-refractivity contribution is -0.116. The molecular formula is C22H22N2O2S. The molecule has 0 bridgehead atoms. The summed E-state index contributed by atoms with van der Waals surface area (Å²) in [4.78, 5) is 16.5. The number of aryl methyl sites for hydroxylation is 1. The van der Waals surface area contributed by atoms with Crippen LogP contribution in [0, 0.1) is 6.92 Å². The molecule has 0 unspecified atom stereocenters. The number of carbonyl (C=O) groups is 1. The molecule has 1 amide bonds. The molecule has 1 aromatic heterocycles. The quantitative estimate of drug-likeness (QED) is 0.591. The van der Waals surface area contributed by atoms with Gasteiger partial charge >= 0.3 is 0 Å². The molecule has 0 saturated heterocycles. The summed E-state index contributed by atoms with van der Waals surface area (Å²) in [5, 5.41) is 5.92. The molecule has 3 aromatic rings. The van der Waals surface area contributed by atoms with Gasteiger partial charge in [-0.05, 0) is 31.1 Å². The summed E-state index contributed by atoms with van der Waals surface area (Å²) in [5.74, 6) is 0.618. The minimum absolute atomic E-state index is 0.115. The molecule has 138 valence electrons. The Hall–Kier alpha value is -2.92. The van der Waals surface area contributed by atoms with Crippen molar-refractivity contribution in [1.82, 2.24) is 10.3 Å². The third-order valence-electron chi connectivity index (χ3n) is 3.93. The Morgan fingerprint density at radius 2 is 1.93 bits per heavy atom. The van der Waals surface area contributed by atoms with Crippen molar-refractivity contribution in [2.24, 2.45) is 0 Å². The molecule has 0 saturated carbocycles. The Kier molecular flexibility index (Phi) is 6.77. The number of hydrogen-bond acceptors (Lipinski definition) is 4. The lowest BCUT2D eigenvalue weighted by Gasteiger charge is -2.08. The zero-order valence-electron chi connectivity index (χ0n) is 15.2. The van der Waals surface area contributed by atoms with Gasteiger partial charge in [0.1, 0.15) is 12.4 Å². The highest BCUT2D eigenvalue weighted by atomic mass is 32.1. The smallest absolute Gasteiger partial charge is 0.244 e. The van der Waals surface area contributed by atoms with Crippen molar-refractivity contribution in [2.75, 3.05) is 6.54 Å². The molecule has 0 atom stereocenters. The van der Waals surface area contributed by atoms with Gasteiger partial charge in [-0.25, -0.2) is 4.98 Å². The maximum absolute atomic E-state index is 12.1. The first-order chi connectivity index (χ1) is 13.2. The first-order valence-electron chi connectivity index (χ1n) is 8.83. The number of hydrogen-bond donors (Lipinski definition) is 1. The van der Waals surface area contributed by atoms with Crippen molar-refractivity contribution >= 4 is 23.3 Å². The van der Waals surface area contributed by atoms with E-state index in [-0.39, 0.29) is 5.91 Å². The predicted octanol–water partition coefficient (Wildman–Crippen LogP) is 4.40. The van der Waals surface area contributed by atoms with E-state index in [4.69, 9.17) is 4.74 Å². The molecule has 0 spiro atoms. The number of nitrogens with zero attached hydrogens (tertiary/aromatic N) is 1. The van der Waals surface area contributed by atoms with Crippen molar-refractivity contribution < 1.29 is 9.53 Å². The van der Waals surface area contributed by atoms with Gasteiger partial charge < -0.3 is 10.1 Å². The average Bonchev–Trinajstić information content (AvgIpc) is 3.11. The molecule has 5 heteroatoms. The maximum atomic E-state index is 12.1. The van der Waals surface area contributed by atoms with E-state index in [0.29, 0.717) is 13.2 Å². The van der Waals surface area contributed by atoms with Crippen LogP contribution in [0.2, 0.25) is 0 Å². The van der Waals surface area contributed by atoms with Gasteiger partial charge in [0.15, 0.2) is 0 Å². The molecule has 0 aliphatic carbocycles. The van der Waals surface area contributed by atoms with Crippen molar-refractivity contribution in [3.63, 3.8) is 0 Å². The molecule has 3 rings (SSSR count). The molecule has 0 aliphatic rings. The molecule has 0 radical (unpaired) electrons. The zero-order chi connectivity index (χ0) is 18.9. The lowest BCUT2D eigenvalue weighted by Crippen LogP contribution is -2.23. The molecule has 2 aromatic carbocycles. The number of ether oxygens (including phenoxy) is 1. The molecule has 0 fully saturated rings. The molecule has 1 heterocycles. The topological polar surface area (TPSA) is 51.2 Å². The Morgan fingerprint density at radius 1 is 1.15 bits per heavy atom. The standard InChI is InChI=1S/C22H22N2O2S/c1-17-24-20(16-27-17)15-26-21-10-6-5-9-19(21)11-12-22(25)23-14-13-18-7-3-2-4-8-18/h2-12,16H,13-15H2,1H3,(H,23,25)/b12-11+. The summed E-state index contributed by atoms with van der Waals surface area (Å²) < 4.78 is 5.87. The monoisotopic (exact) mass is 378 g/mol. The predicted molar refractivity (Wildman–Crippen MR) is 110 cm³/mol. The Balaban J connectivity index is 1.52. The highest BCUT2D eigenvalue weighted by Gasteiger charge is 2.04. The summed E-state index contributed by atoms with van der Waals surface area (Å²) in [6.07, 6.45) is 4.13. The van der Waals surface area contributed by atoms with Crippen LogP contribution in [0.4, 0.5) is 0 Å². The third-order valence-corrected chi connectivity index (χ3v) is 4.75. The highest BCUT2D eigenvalue weighted by molar-refractivity contribution is 7.09. The van der Waals surface area contributed by atoms with Crippen LogP contribution in [0.5, 0.6) is 5.75 Å². The van der Waals surface area contributed by atoms with E-state index in [1.165, 1.54) is 5.56 Å². The molecule has 27 heavy (non-hydrogen) atoms. The van der Waals surface area contributed by atoms with Crippen LogP contribution in [0.15, 0.2) is 66.1 Å². The SMILES string of the molecule is Cc1nc(COc2ccccc2/C=C/C(=O)NCCc2ccccc2)cs1.